The van der Waals surface area contributed by atoms with E-state index in [0.29, 0.717) is 23.5 Å². The van der Waals surface area contributed by atoms with Gasteiger partial charge < -0.3 is 10.0 Å². The maximum absolute atomic E-state index is 13.5. The van der Waals surface area contributed by atoms with Crippen molar-refractivity contribution in [1.29, 1.82) is 0 Å². The third-order valence-electron chi connectivity index (χ3n) is 6.05. The first-order valence-corrected chi connectivity index (χ1v) is 10.7. The van der Waals surface area contributed by atoms with Gasteiger partial charge in [0.15, 0.2) is 0 Å². The summed E-state index contributed by atoms with van der Waals surface area (Å²) in [5.74, 6) is 0.0300. The number of hydrogen-bond acceptors (Lipinski definition) is 4. The highest BCUT2D eigenvalue weighted by molar-refractivity contribution is 6.00. The summed E-state index contributed by atoms with van der Waals surface area (Å²) in [7, 11) is 0. The second-order valence-electron chi connectivity index (χ2n) is 8.17. The molecule has 160 valence electrons. The molecule has 0 aliphatic carbocycles. The van der Waals surface area contributed by atoms with Gasteiger partial charge in [-0.2, -0.15) is 5.10 Å². The zero-order chi connectivity index (χ0) is 22.2. The predicted molar refractivity (Wildman–Crippen MR) is 122 cm³/mol. The second kappa shape index (κ2) is 7.96. The van der Waals surface area contributed by atoms with Crippen molar-refractivity contribution in [1.82, 2.24) is 20.1 Å². The van der Waals surface area contributed by atoms with Gasteiger partial charge in [-0.3, -0.25) is 14.9 Å². The molecule has 1 atom stereocenters. The van der Waals surface area contributed by atoms with Crippen molar-refractivity contribution in [2.24, 2.45) is 0 Å². The van der Waals surface area contributed by atoms with E-state index in [-0.39, 0.29) is 17.7 Å². The van der Waals surface area contributed by atoms with Crippen LogP contribution in [0.25, 0.3) is 11.3 Å². The Kier molecular flexibility index (Phi) is 4.98. The molecule has 4 aromatic rings. The fourth-order valence-electron chi connectivity index (χ4n) is 4.38. The number of pyridine rings is 1. The van der Waals surface area contributed by atoms with E-state index in [1.54, 1.807) is 18.5 Å². The highest BCUT2D eigenvalue weighted by atomic mass is 16.3. The molecule has 0 bridgehead atoms. The van der Waals surface area contributed by atoms with Crippen LogP contribution in [0.1, 0.15) is 51.3 Å². The summed E-state index contributed by atoms with van der Waals surface area (Å²) in [6.07, 6.45) is 4.45. The number of fused-ring (bicyclic) bond motifs is 1. The Morgan fingerprint density at radius 1 is 1.09 bits per heavy atom. The van der Waals surface area contributed by atoms with Gasteiger partial charge in [0.25, 0.3) is 5.91 Å². The van der Waals surface area contributed by atoms with Crippen LogP contribution in [0.15, 0.2) is 67.0 Å². The van der Waals surface area contributed by atoms with Crippen LogP contribution in [-0.4, -0.2) is 31.1 Å². The van der Waals surface area contributed by atoms with E-state index in [1.807, 2.05) is 36.1 Å². The number of aromatic hydroxyl groups is 1. The molecule has 1 amide bonds. The zero-order valence-corrected chi connectivity index (χ0v) is 18.0. The van der Waals surface area contributed by atoms with Gasteiger partial charge >= 0.3 is 0 Å². The summed E-state index contributed by atoms with van der Waals surface area (Å²) in [4.78, 5) is 19.5. The Morgan fingerprint density at radius 2 is 1.91 bits per heavy atom. The summed E-state index contributed by atoms with van der Waals surface area (Å²) >= 11 is 0. The van der Waals surface area contributed by atoms with Crippen molar-refractivity contribution < 1.29 is 9.90 Å². The Hall–Kier alpha value is -3.93. The standard InChI is InChI=1S/C26H24N4O2/c1-3-17-7-9-19(10-8-17)25-22-23(20-13-16(2)6-11-21(20)31)28-29-24(22)26(32)30(25)15-18-5-4-12-27-14-18/h4-14,25,31H,3,15H2,1-2H3,(H,28,29)/t25-/m0/s1. The number of amides is 1. The number of carbonyl (C=O) groups is 1. The molecule has 0 radical (unpaired) electrons. The van der Waals surface area contributed by atoms with E-state index < -0.39 is 0 Å². The third-order valence-corrected chi connectivity index (χ3v) is 6.05. The topological polar surface area (TPSA) is 82.1 Å². The van der Waals surface area contributed by atoms with Crippen LogP contribution in [0.5, 0.6) is 5.75 Å². The summed E-state index contributed by atoms with van der Waals surface area (Å²) < 4.78 is 0. The molecule has 32 heavy (non-hydrogen) atoms. The quantitative estimate of drug-likeness (QED) is 0.482. The van der Waals surface area contributed by atoms with E-state index in [9.17, 15) is 9.90 Å². The highest BCUT2D eigenvalue weighted by Gasteiger charge is 2.42. The third kappa shape index (κ3) is 3.34. The van der Waals surface area contributed by atoms with E-state index >= 15 is 0 Å². The molecule has 0 fully saturated rings. The van der Waals surface area contributed by atoms with E-state index in [2.05, 4.69) is 46.4 Å². The van der Waals surface area contributed by atoms with Gasteiger partial charge in [0.2, 0.25) is 0 Å². The lowest BCUT2D eigenvalue weighted by Gasteiger charge is -2.26. The molecule has 2 aromatic carbocycles. The van der Waals surface area contributed by atoms with Gasteiger partial charge in [-0.05, 0) is 48.2 Å². The summed E-state index contributed by atoms with van der Waals surface area (Å²) in [6.45, 7) is 4.51. The number of nitrogens with zero attached hydrogens (tertiary/aromatic N) is 3. The minimum absolute atomic E-state index is 0.112. The van der Waals surface area contributed by atoms with Crippen molar-refractivity contribution in [2.75, 3.05) is 0 Å². The lowest BCUT2D eigenvalue weighted by Crippen LogP contribution is -2.29. The average molecular weight is 425 g/mol. The lowest BCUT2D eigenvalue weighted by atomic mass is 9.94. The minimum atomic E-state index is -0.322. The molecule has 1 aliphatic rings. The molecular formula is C26H24N4O2. The molecular weight excluding hydrogens is 400 g/mol. The number of H-pyrrole nitrogens is 1. The van der Waals surface area contributed by atoms with Gasteiger partial charge in [0.1, 0.15) is 17.1 Å². The Balaban J connectivity index is 1.67. The number of carbonyl (C=O) groups excluding carboxylic acids is 1. The number of aromatic nitrogens is 3. The van der Waals surface area contributed by atoms with Crippen molar-refractivity contribution in [3.05, 3.63) is 101 Å². The van der Waals surface area contributed by atoms with Crippen molar-refractivity contribution in [2.45, 2.75) is 32.9 Å². The average Bonchev–Trinajstić information content (AvgIpc) is 3.35. The second-order valence-corrected chi connectivity index (χ2v) is 8.17. The number of nitrogens with one attached hydrogen (secondary N) is 1. The Bertz CT molecular complexity index is 1280. The molecule has 2 aromatic heterocycles. The van der Waals surface area contributed by atoms with Crippen molar-refractivity contribution in [3.8, 4) is 17.0 Å². The summed E-state index contributed by atoms with van der Waals surface area (Å²) in [5, 5.41) is 18.0. The maximum Gasteiger partial charge on any atom is 0.273 e. The molecule has 0 spiro atoms. The molecule has 3 heterocycles. The van der Waals surface area contributed by atoms with E-state index in [4.69, 9.17) is 0 Å². The van der Waals surface area contributed by atoms with E-state index in [0.717, 1.165) is 28.7 Å². The molecule has 6 nitrogen and oxygen atoms in total. The van der Waals surface area contributed by atoms with Gasteiger partial charge in [-0.25, -0.2) is 0 Å². The molecule has 0 saturated heterocycles. The fourth-order valence-corrected chi connectivity index (χ4v) is 4.38. The van der Waals surface area contributed by atoms with E-state index in [1.165, 1.54) is 5.56 Å². The van der Waals surface area contributed by atoms with Crippen LogP contribution >= 0.6 is 0 Å². The molecule has 6 heteroatoms. The fraction of sp³-hybridized carbons (Fsp3) is 0.192. The molecule has 0 saturated carbocycles. The monoisotopic (exact) mass is 424 g/mol. The number of rotatable bonds is 5. The van der Waals surface area contributed by atoms with Gasteiger partial charge in [0.05, 0.1) is 6.04 Å². The van der Waals surface area contributed by atoms with Crippen LogP contribution in [0, 0.1) is 6.92 Å². The first-order valence-electron chi connectivity index (χ1n) is 10.7. The minimum Gasteiger partial charge on any atom is -0.507 e. The number of aromatic amines is 1. The van der Waals surface area contributed by atoms with Gasteiger partial charge in [-0.15, -0.1) is 0 Å². The highest BCUT2D eigenvalue weighted by Crippen LogP contribution is 2.45. The number of benzene rings is 2. The van der Waals surface area contributed by atoms with Crippen molar-refractivity contribution >= 4 is 5.91 Å². The maximum atomic E-state index is 13.5. The summed E-state index contributed by atoms with van der Waals surface area (Å²) in [5.41, 5.74) is 6.69. The predicted octanol–water partition coefficient (Wildman–Crippen LogP) is 4.79. The van der Waals surface area contributed by atoms with Crippen LogP contribution < -0.4 is 0 Å². The van der Waals surface area contributed by atoms with Gasteiger partial charge in [-0.1, -0.05) is 48.9 Å². The van der Waals surface area contributed by atoms with Crippen LogP contribution in [0.3, 0.4) is 0 Å². The van der Waals surface area contributed by atoms with Crippen LogP contribution in [0.2, 0.25) is 0 Å². The summed E-state index contributed by atoms with van der Waals surface area (Å²) in [6, 6.07) is 17.3. The normalized spacial score (nSPS) is 15.2. The molecule has 2 N–H and O–H groups in total. The van der Waals surface area contributed by atoms with Crippen LogP contribution in [0.4, 0.5) is 0 Å². The Morgan fingerprint density at radius 3 is 2.62 bits per heavy atom. The number of aryl methyl sites for hydroxylation is 2. The lowest BCUT2D eigenvalue weighted by molar-refractivity contribution is 0.0730. The number of phenols is 1. The number of phenolic OH excluding ortho intramolecular Hbond substituents is 1. The SMILES string of the molecule is CCc1ccc([C@H]2c3c(-c4cc(C)ccc4O)n[nH]c3C(=O)N2Cc2cccnc2)cc1. The smallest absolute Gasteiger partial charge is 0.273 e. The van der Waals surface area contributed by atoms with Crippen LogP contribution in [-0.2, 0) is 13.0 Å². The largest absolute Gasteiger partial charge is 0.507 e. The number of hydrogen-bond donors (Lipinski definition) is 2. The van der Waals surface area contributed by atoms with Crippen molar-refractivity contribution in [3.63, 3.8) is 0 Å². The molecule has 1 aliphatic heterocycles. The molecule has 0 unspecified atom stereocenters. The first-order chi connectivity index (χ1) is 15.6. The van der Waals surface area contributed by atoms with Gasteiger partial charge in [0, 0.05) is 30.1 Å². The zero-order valence-electron chi connectivity index (χ0n) is 18.0. The molecule has 5 rings (SSSR count). The Labute approximate surface area is 186 Å². The first kappa shape index (κ1) is 20.0.